The van der Waals surface area contributed by atoms with Crippen LogP contribution in [0.3, 0.4) is 0 Å². The van der Waals surface area contributed by atoms with Gasteiger partial charge in [-0.1, -0.05) is 51.4 Å². The Balaban J connectivity index is 3.44. The van der Waals surface area contributed by atoms with Gasteiger partial charge in [-0.05, 0) is 25.7 Å². The molecule has 0 heterocycles. The van der Waals surface area contributed by atoms with Crippen LogP contribution in [0.25, 0.3) is 0 Å². The van der Waals surface area contributed by atoms with E-state index in [0.717, 1.165) is 77.0 Å². The third-order valence-corrected chi connectivity index (χ3v) is 5.00. The van der Waals surface area contributed by atoms with Gasteiger partial charge in [0.15, 0.2) is 0 Å². The van der Waals surface area contributed by atoms with Gasteiger partial charge in [-0.3, -0.25) is 28.8 Å². The number of carbonyl (C=O) groups excluding carboxylic acids is 6. The first-order valence-corrected chi connectivity index (χ1v) is 12.0. The van der Waals surface area contributed by atoms with Crippen LogP contribution in [-0.4, -0.2) is 61.6 Å². The summed E-state index contributed by atoms with van der Waals surface area (Å²) < 4.78 is 0. The van der Waals surface area contributed by atoms with Gasteiger partial charge in [0, 0.05) is 26.2 Å². The van der Waals surface area contributed by atoms with E-state index in [4.69, 9.17) is 11.5 Å². The summed E-state index contributed by atoms with van der Waals surface area (Å²) in [7, 11) is 0. The van der Waals surface area contributed by atoms with Crippen molar-refractivity contribution in [2.24, 2.45) is 11.5 Å². The molecule has 0 aromatic carbocycles. The molecule has 0 saturated carbocycles. The molecule has 0 aliphatic heterocycles. The SMILES string of the molecule is NC(=O)C(=O)NCCCCCCCCNC(=O)C(=O)NCCCCCCCCNC(=O)C(N)=O. The van der Waals surface area contributed by atoms with Crippen LogP contribution >= 0.6 is 0 Å². The van der Waals surface area contributed by atoms with Crippen molar-refractivity contribution in [3.63, 3.8) is 0 Å². The molecular weight excluding hydrogens is 444 g/mol. The van der Waals surface area contributed by atoms with Crippen LogP contribution in [0.15, 0.2) is 0 Å². The Kier molecular flexibility index (Phi) is 18.5. The van der Waals surface area contributed by atoms with E-state index in [1.54, 1.807) is 0 Å². The quantitative estimate of drug-likeness (QED) is 0.107. The van der Waals surface area contributed by atoms with Crippen molar-refractivity contribution < 1.29 is 28.8 Å². The fourth-order valence-corrected chi connectivity index (χ4v) is 3.06. The van der Waals surface area contributed by atoms with Crippen molar-refractivity contribution >= 4 is 35.4 Å². The zero-order chi connectivity index (χ0) is 25.6. The normalized spacial score (nSPS) is 10.2. The molecular formula is C22H40N6O6. The molecule has 0 bridgehead atoms. The highest BCUT2D eigenvalue weighted by molar-refractivity contribution is 6.35. The van der Waals surface area contributed by atoms with E-state index in [9.17, 15) is 28.8 Å². The van der Waals surface area contributed by atoms with Crippen LogP contribution in [0.5, 0.6) is 0 Å². The maximum absolute atomic E-state index is 11.8. The van der Waals surface area contributed by atoms with Gasteiger partial charge in [0.1, 0.15) is 0 Å². The van der Waals surface area contributed by atoms with Crippen LogP contribution in [0.2, 0.25) is 0 Å². The van der Waals surface area contributed by atoms with E-state index in [2.05, 4.69) is 21.3 Å². The number of unbranched alkanes of at least 4 members (excludes halogenated alkanes) is 10. The minimum Gasteiger partial charge on any atom is -0.361 e. The Bertz CT molecular complexity index is 614. The van der Waals surface area contributed by atoms with E-state index in [1.165, 1.54) is 0 Å². The molecule has 0 spiro atoms. The van der Waals surface area contributed by atoms with E-state index >= 15 is 0 Å². The smallest absolute Gasteiger partial charge is 0.309 e. The van der Waals surface area contributed by atoms with Crippen LogP contribution in [0.4, 0.5) is 0 Å². The molecule has 0 radical (unpaired) electrons. The first kappa shape index (κ1) is 30.8. The van der Waals surface area contributed by atoms with Crippen molar-refractivity contribution in [1.82, 2.24) is 21.3 Å². The number of nitrogens with two attached hydrogens (primary N) is 2. The minimum absolute atomic E-state index is 0.424. The van der Waals surface area contributed by atoms with E-state index in [0.29, 0.717) is 26.2 Å². The van der Waals surface area contributed by atoms with E-state index in [-0.39, 0.29) is 0 Å². The summed E-state index contributed by atoms with van der Waals surface area (Å²) in [6, 6.07) is 0. The zero-order valence-corrected chi connectivity index (χ0v) is 19.9. The molecule has 0 unspecified atom stereocenters. The summed E-state index contributed by atoms with van der Waals surface area (Å²) >= 11 is 0. The monoisotopic (exact) mass is 484 g/mol. The Hall–Kier alpha value is -3.18. The second-order valence-corrected chi connectivity index (χ2v) is 7.99. The second kappa shape index (κ2) is 20.4. The minimum atomic E-state index is -0.979. The van der Waals surface area contributed by atoms with Crippen LogP contribution in [0.1, 0.15) is 77.0 Å². The summed E-state index contributed by atoms with van der Waals surface area (Å²) in [4.78, 5) is 66.5. The fraction of sp³-hybridized carbons (Fsp3) is 0.727. The zero-order valence-electron chi connectivity index (χ0n) is 19.9. The number of amides is 6. The Labute approximate surface area is 200 Å². The lowest BCUT2D eigenvalue weighted by Gasteiger charge is -2.07. The van der Waals surface area contributed by atoms with Crippen molar-refractivity contribution in [1.29, 1.82) is 0 Å². The standard InChI is InChI=1S/C22H40N6O6/c23-17(29)19(31)25-13-9-5-1-3-7-11-15-27-21(33)22(34)28-16-12-8-4-2-6-10-14-26-20(32)18(24)30/h1-16H2,(H2,23,29)(H2,24,30)(H,25,31)(H,26,32)(H,27,33)(H,28,34). The van der Waals surface area contributed by atoms with E-state index in [1.807, 2.05) is 0 Å². The highest BCUT2D eigenvalue weighted by Crippen LogP contribution is 2.05. The number of nitrogens with one attached hydrogen (secondary N) is 4. The molecule has 6 amide bonds. The number of rotatable bonds is 18. The number of hydrogen-bond acceptors (Lipinski definition) is 6. The first-order valence-electron chi connectivity index (χ1n) is 12.0. The molecule has 0 aliphatic carbocycles. The fourth-order valence-electron chi connectivity index (χ4n) is 3.06. The van der Waals surface area contributed by atoms with Crippen molar-refractivity contribution in [2.75, 3.05) is 26.2 Å². The second-order valence-electron chi connectivity index (χ2n) is 7.99. The third kappa shape index (κ3) is 18.4. The predicted octanol–water partition coefficient (Wildman–Crippen LogP) is -0.897. The van der Waals surface area contributed by atoms with Gasteiger partial charge >= 0.3 is 35.4 Å². The molecule has 194 valence electrons. The van der Waals surface area contributed by atoms with Gasteiger partial charge in [-0.15, -0.1) is 0 Å². The highest BCUT2D eigenvalue weighted by Gasteiger charge is 2.11. The van der Waals surface area contributed by atoms with E-state index < -0.39 is 35.4 Å². The molecule has 0 aliphatic rings. The van der Waals surface area contributed by atoms with Gasteiger partial charge in [0.2, 0.25) is 0 Å². The van der Waals surface area contributed by atoms with Gasteiger partial charge in [-0.2, -0.15) is 0 Å². The van der Waals surface area contributed by atoms with Gasteiger partial charge in [0.05, 0.1) is 0 Å². The van der Waals surface area contributed by atoms with Crippen molar-refractivity contribution in [3.8, 4) is 0 Å². The molecule has 0 aromatic heterocycles. The molecule has 0 atom stereocenters. The summed E-state index contributed by atoms with van der Waals surface area (Å²) in [5.74, 6) is -4.73. The number of hydrogen-bond donors (Lipinski definition) is 6. The molecule has 0 rings (SSSR count). The van der Waals surface area contributed by atoms with Gasteiger partial charge in [0.25, 0.3) is 0 Å². The summed E-state index contributed by atoms with van der Waals surface area (Å²) in [6.45, 7) is 1.74. The Morgan fingerprint density at radius 2 is 0.559 bits per heavy atom. The predicted molar refractivity (Wildman–Crippen MR) is 126 cm³/mol. The lowest BCUT2D eigenvalue weighted by atomic mass is 10.1. The third-order valence-electron chi connectivity index (χ3n) is 5.00. The first-order chi connectivity index (χ1) is 16.3. The average Bonchev–Trinajstić information content (AvgIpc) is 2.80. The lowest BCUT2D eigenvalue weighted by molar-refractivity contribution is -0.139. The molecule has 0 aromatic rings. The Morgan fingerprint density at radius 3 is 0.794 bits per heavy atom. The van der Waals surface area contributed by atoms with Crippen molar-refractivity contribution in [2.45, 2.75) is 77.0 Å². The molecule has 0 fully saturated rings. The maximum atomic E-state index is 11.8. The maximum Gasteiger partial charge on any atom is 0.309 e. The number of carbonyl (C=O) groups is 6. The molecule has 12 nitrogen and oxygen atoms in total. The van der Waals surface area contributed by atoms with Gasteiger partial charge in [-0.25, -0.2) is 0 Å². The topological polar surface area (TPSA) is 203 Å². The van der Waals surface area contributed by atoms with Crippen molar-refractivity contribution in [3.05, 3.63) is 0 Å². The van der Waals surface area contributed by atoms with Crippen LogP contribution in [-0.2, 0) is 28.8 Å². The highest BCUT2D eigenvalue weighted by atomic mass is 16.2. The molecule has 0 saturated heterocycles. The lowest BCUT2D eigenvalue weighted by Crippen LogP contribution is -2.40. The van der Waals surface area contributed by atoms with Crippen LogP contribution < -0.4 is 32.7 Å². The largest absolute Gasteiger partial charge is 0.361 e. The number of primary amides is 2. The Morgan fingerprint density at radius 1 is 0.353 bits per heavy atom. The molecule has 34 heavy (non-hydrogen) atoms. The summed E-state index contributed by atoms with van der Waals surface area (Å²) in [5, 5.41) is 10.1. The summed E-state index contributed by atoms with van der Waals surface area (Å²) in [6.07, 6.45) is 10.7. The van der Waals surface area contributed by atoms with Gasteiger partial charge < -0.3 is 32.7 Å². The average molecular weight is 485 g/mol. The van der Waals surface area contributed by atoms with Crippen LogP contribution in [0, 0.1) is 0 Å². The molecule has 8 N–H and O–H groups in total. The summed E-state index contributed by atoms with van der Waals surface area (Å²) in [5.41, 5.74) is 9.66. The molecule has 12 heteroatoms.